The number of nitrogens with zero attached hydrogens (tertiary/aromatic N) is 4. The Balaban J connectivity index is 1.54. The number of anilines is 1. The number of benzene rings is 1. The molecule has 0 radical (unpaired) electrons. The second kappa shape index (κ2) is 5.74. The molecular formula is C19H20N4O. The molecule has 0 aliphatic carbocycles. The number of rotatable bonds is 3. The number of aromatic nitrogens is 3. The van der Waals surface area contributed by atoms with Crippen molar-refractivity contribution in [1.82, 2.24) is 14.8 Å². The lowest BCUT2D eigenvalue weighted by Crippen LogP contribution is -2.49. The van der Waals surface area contributed by atoms with Crippen LogP contribution in [0.1, 0.15) is 11.4 Å². The quantitative estimate of drug-likeness (QED) is 0.744. The molecule has 0 unspecified atom stereocenters. The number of fused-ring (bicyclic) bond motifs is 1. The highest BCUT2D eigenvalue weighted by atomic mass is 16.1. The molecule has 0 N–H and O–H groups in total. The standard InChI is InChI=1S/C19H20N4O/c1-13-7-8-19(24)23(21-13)12-15-10-22(11-15)18-9-14(2)20-17-6-4-3-5-16(17)18/h3-9,15H,10-12H2,1-2H3. The number of hydrogen-bond acceptors (Lipinski definition) is 4. The van der Waals surface area contributed by atoms with Gasteiger partial charge in [-0.25, -0.2) is 4.68 Å². The lowest BCUT2D eigenvalue weighted by molar-refractivity contribution is 0.334. The first-order valence-corrected chi connectivity index (χ1v) is 8.26. The zero-order chi connectivity index (χ0) is 16.7. The Morgan fingerprint density at radius 2 is 1.88 bits per heavy atom. The van der Waals surface area contributed by atoms with Crippen LogP contribution < -0.4 is 10.5 Å². The molecule has 3 heterocycles. The number of para-hydroxylation sites is 1. The Morgan fingerprint density at radius 1 is 1.08 bits per heavy atom. The second-order valence-corrected chi connectivity index (χ2v) is 6.57. The van der Waals surface area contributed by atoms with Gasteiger partial charge in [-0.15, -0.1) is 0 Å². The fourth-order valence-corrected chi connectivity index (χ4v) is 3.36. The number of pyridine rings is 1. The molecule has 2 aromatic heterocycles. The van der Waals surface area contributed by atoms with Crippen molar-refractivity contribution in [2.45, 2.75) is 20.4 Å². The summed E-state index contributed by atoms with van der Waals surface area (Å²) in [6, 6.07) is 13.8. The Morgan fingerprint density at radius 3 is 2.71 bits per heavy atom. The molecule has 4 rings (SSSR count). The summed E-state index contributed by atoms with van der Waals surface area (Å²) in [6.07, 6.45) is 0. The van der Waals surface area contributed by atoms with Crippen molar-refractivity contribution in [2.75, 3.05) is 18.0 Å². The third-order valence-corrected chi connectivity index (χ3v) is 4.55. The van der Waals surface area contributed by atoms with Crippen LogP contribution in [-0.4, -0.2) is 27.9 Å². The average Bonchev–Trinajstić information content (AvgIpc) is 2.53. The molecule has 122 valence electrons. The molecule has 0 atom stereocenters. The summed E-state index contributed by atoms with van der Waals surface area (Å²) in [6.45, 7) is 6.50. The summed E-state index contributed by atoms with van der Waals surface area (Å²) in [5.41, 5.74) is 4.15. The van der Waals surface area contributed by atoms with Crippen molar-refractivity contribution in [3.8, 4) is 0 Å². The van der Waals surface area contributed by atoms with Crippen molar-refractivity contribution in [2.24, 2.45) is 5.92 Å². The van der Waals surface area contributed by atoms with Gasteiger partial charge in [0.05, 0.1) is 17.8 Å². The smallest absolute Gasteiger partial charge is 0.266 e. The minimum atomic E-state index is -0.0238. The van der Waals surface area contributed by atoms with Crippen LogP contribution in [0.5, 0.6) is 0 Å². The van der Waals surface area contributed by atoms with E-state index in [9.17, 15) is 4.79 Å². The monoisotopic (exact) mass is 320 g/mol. The van der Waals surface area contributed by atoms with Gasteiger partial charge in [0.2, 0.25) is 0 Å². The van der Waals surface area contributed by atoms with E-state index in [1.165, 1.54) is 11.1 Å². The lowest BCUT2D eigenvalue weighted by Gasteiger charge is -2.41. The Labute approximate surface area is 140 Å². The van der Waals surface area contributed by atoms with E-state index in [0.29, 0.717) is 12.5 Å². The van der Waals surface area contributed by atoms with E-state index in [-0.39, 0.29) is 5.56 Å². The van der Waals surface area contributed by atoms with E-state index in [0.717, 1.165) is 30.0 Å². The maximum Gasteiger partial charge on any atom is 0.266 e. The lowest BCUT2D eigenvalue weighted by atomic mass is 9.98. The van der Waals surface area contributed by atoms with Crippen LogP contribution in [0, 0.1) is 19.8 Å². The molecule has 0 amide bonds. The van der Waals surface area contributed by atoms with Crippen LogP contribution >= 0.6 is 0 Å². The predicted molar refractivity (Wildman–Crippen MR) is 95.4 cm³/mol. The van der Waals surface area contributed by atoms with Crippen molar-refractivity contribution in [3.05, 3.63) is 64.2 Å². The number of hydrogen-bond donors (Lipinski definition) is 0. The highest BCUT2D eigenvalue weighted by Crippen LogP contribution is 2.32. The summed E-state index contributed by atoms with van der Waals surface area (Å²) in [4.78, 5) is 18.9. The molecule has 0 bridgehead atoms. The summed E-state index contributed by atoms with van der Waals surface area (Å²) in [7, 11) is 0. The first-order chi connectivity index (χ1) is 11.6. The molecule has 24 heavy (non-hydrogen) atoms. The third-order valence-electron chi connectivity index (χ3n) is 4.55. The predicted octanol–water partition coefficient (Wildman–Crippen LogP) is 2.54. The van der Waals surface area contributed by atoms with Gasteiger partial charge in [-0.1, -0.05) is 18.2 Å². The van der Waals surface area contributed by atoms with E-state index >= 15 is 0 Å². The van der Waals surface area contributed by atoms with Crippen molar-refractivity contribution in [1.29, 1.82) is 0 Å². The summed E-state index contributed by atoms with van der Waals surface area (Å²) in [5.74, 6) is 0.448. The average molecular weight is 320 g/mol. The van der Waals surface area contributed by atoms with Gasteiger partial charge < -0.3 is 4.90 Å². The molecular weight excluding hydrogens is 300 g/mol. The molecule has 1 fully saturated rings. The van der Waals surface area contributed by atoms with Gasteiger partial charge in [-0.2, -0.15) is 5.10 Å². The van der Waals surface area contributed by atoms with Crippen LogP contribution in [0.25, 0.3) is 10.9 Å². The molecule has 5 heteroatoms. The van der Waals surface area contributed by atoms with Crippen LogP contribution in [-0.2, 0) is 6.54 Å². The van der Waals surface area contributed by atoms with Gasteiger partial charge in [-0.05, 0) is 32.0 Å². The summed E-state index contributed by atoms with van der Waals surface area (Å²) in [5, 5.41) is 5.52. The third kappa shape index (κ3) is 2.66. The van der Waals surface area contributed by atoms with Crippen molar-refractivity contribution < 1.29 is 0 Å². The molecule has 0 saturated carbocycles. The van der Waals surface area contributed by atoms with E-state index in [4.69, 9.17) is 0 Å². The van der Waals surface area contributed by atoms with Gasteiger partial charge in [0, 0.05) is 41.8 Å². The molecule has 5 nitrogen and oxygen atoms in total. The van der Waals surface area contributed by atoms with Crippen LogP contribution in [0.4, 0.5) is 5.69 Å². The molecule has 1 aromatic carbocycles. The van der Waals surface area contributed by atoms with Gasteiger partial charge in [-0.3, -0.25) is 9.78 Å². The maximum atomic E-state index is 11.9. The zero-order valence-corrected chi connectivity index (χ0v) is 13.9. The fourth-order valence-electron chi connectivity index (χ4n) is 3.36. The first-order valence-electron chi connectivity index (χ1n) is 8.26. The van der Waals surface area contributed by atoms with Crippen LogP contribution in [0.2, 0.25) is 0 Å². The van der Waals surface area contributed by atoms with E-state index in [1.54, 1.807) is 16.8 Å². The largest absolute Gasteiger partial charge is 0.370 e. The van der Waals surface area contributed by atoms with Gasteiger partial charge in [0.15, 0.2) is 0 Å². The normalized spacial score (nSPS) is 14.8. The topological polar surface area (TPSA) is 51.0 Å². The second-order valence-electron chi connectivity index (χ2n) is 6.57. The Bertz CT molecular complexity index is 957. The summed E-state index contributed by atoms with van der Waals surface area (Å²) >= 11 is 0. The Hall–Kier alpha value is -2.69. The van der Waals surface area contributed by atoms with E-state index in [1.807, 2.05) is 19.9 Å². The number of aryl methyl sites for hydroxylation is 2. The van der Waals surface area contributed by atoms with E-state index in [2.05, 4.69) is 39.2 Å². The Kier molecular flexibility index (Phi) is 3.56. The minimum Gasteiger partial charge on any atom is -0.370 e. The molecule has 1 saturated heterocycles. The van der Waals surface area contributed by atoms with Gasteiger partial charge >= 0.3 is 0 Å². The van der Waals surface area contributed by atoms with Crippen LogP contribution in [0.15, 0.2) is 47.3 Å². The summed E-state index contributed by atoms with van der Waals surface area (Å²) < 4.78 is 1.59. The van der Waals surface area contributed by atoms with Crippen LogP contribution in [0.3, 0.4) is 0 Å². The van der Waals surface area contributed by atoms with Gasteiger partial charge in [0.1, 0.15) is 0 Å². The highest BCUT2D eigenvalue weighted by Gasteiger charge is 2.29. The van der Waals surface area contributed by atoms with Crippen molar-refractivity contribution in [3.63, 3.8) is 0 Å². The first kappa shape index (κ1) is 14.9. The minimum absolute atomic E-state index is 0.0238. The molecule has 3 aromatic rings. The molecule has 1 aliphatic rings. The van der Waals surface area contributed by atoms with Gasteiger partial charge in [0.25, 0.3) is 5.56 Å². The van der Waals surface area contributed by atoms with Crippen molar-refractivity contribution >= 4 is 16.6 Å². The molecule has 0 spiro atoms. The highest BCUT2D eigenvalue weighted by molar-refractivity contribution is 5.92. The molecule has 1 aliphatic heterocycles. The maximum absolute atomic E-state index is 11.9. The zero-order valence-electron chi connectivity index (χ0n) is 13.9. The van der Waals surface area contributed by atoms with E-state index < -0.39 is 0 Å². The SMILES string of the molecule is Cc1cc(N2CC(Cn3nc(C)ccc3=O)C2)c2ccccc2n1. The fraction of sp³-hybridized carbons (Fsp3) is 0.316.